The van der Waals surface area contributed by atoms with Crippen LogP contribution in [0.4, 0.5) is 0 Å². The van der Waals surface area contributed by atoms with Crippen LogP contribution in [0.5, 0.6) is 11.5 Å². The summed E-state index contributed by atoms with van der Waals surface area (Å²) in [6.45, 7) is 6.77. The maximum atomic E-state index is 13.0. The smallest absolute Gasteiger partial charge is 0.254 e. The molecule has 4 nitrogen and oxygen atoms in total. The molecule has 0 radical (unpaired) electrons. The Morgan fingerprint density at radius 2 is 2.13 bits per heavy atom. The van der Waals surface area contributed by atoms with Crippen LogP contribution in [0.3, 0.4) is 0 Å². The van der Waals surface area contributed by atoms with Gasteiger partial charge in [-0.3, -0.25) is 4.79 Å². The van der Waals surface area contributed by atoms with Crippen LogP contribution in [0.1, 0.15) is 48.5 Å². The number of nitrogens with zero attached hydrogens (tertiary/aromatic N) is 1. The van der Waals surface area contributed by atoms with Gasteiger partial charge < -0.3 is 14.4 Å². The monoisotopic (exact) mass is 317 g/mol. The van der Waals surface area contributed by atoms with Gasteiger partial charge in [-0.15, -0.1) is 6.58 Å². The number of carbonyl (C=O) groups is 1. The zero-order chi connectivity index (χ0) is 16.8. The Morgan fingerprint density at radius 1 is 1.35 bits per heavy atom. The molecule has 4 heteroatoms. The fraction of sp³-hybridized carbons (Fsp3) is 0.526. The minimum atomic E-state index is 0.0859. The van der Waals surface area contributed by atoms with Crippen molar-refractivity contribution in [1.82, 2.24) is 4.90 Å². The number of amides is 1. The van der Waals surface area contributed by atoms with E-state index in [1.807, 2.05) is 11.0 Å². The molecular weight excluding hydrogens is 290 g/mol. The van der Waals surface area contributed by atoms with E-state index >= 15 is 0 Å². The van der Waals surface area contributed by atoms with E-state index in [0.29, 0.717) is 29.5 Å². The fourth-order valence-corrected chi connectivity index (χ4v) is 3.33. The topological polar surface area (TPSA) is 38.8 Å². The lowest BCUT2D eigenvalue weighted by atomic mass is 9.98. The number of hydrogen-bond acceptors (Lipinski definition) is 3. The molecule has 0 saturated carbocycles. The van der Waals surface area contributed by atoms with Crippen molar-refractivity contribution in [3.05, 3.63) is 35.9 Å². The molecule has 1 aromatic rings. The highest BCUT2D eigenvalue weighted by Gasteiger charge is 2.27. The van der Waals surface area contributed by atoms with Crippen LogP contribution in [-0.4, -0.2) is 37.6 Å². The lowest BCUT2D eigenvalue weighted by molar-refractivity contribution is 0.0607. The van der Waals surface area contributed by atoms with Crippen molar-refractivity contribution in [2.75, 3.05) is 20.8 Å². The maximum absolute atomic E-state index is 13.0. The number of piperidine rings is 1. The molecule has 0 N–H and O–H groups in total. The second-order valence-corrected chi connectivity index (χ2v) is 5.92. The number of benzene rings is 1. The van der Waals surface area contributed by atoms with Crippen LogP contribution in [0.25, 0.3) is 0 Å². The van der Waals surface area contributed by atoms with Gasteiger partial charge >= 0.3 is 0 Å². The van der Waals surface area contributed by atoms with Crippen molar-refractivity contribution >= 4 is 5.91 Å². The predicted octanol–water partition coefficient (Wildman–Crippen LogP) is 3.84. The highest BCUT2D eigenvalue weighted by atomic mass is 16.5. The molecule has 1 aliphatic rings. The summed E-state index contributed by atoms with van der Waals surface area (Å²) in [5, 5.41) is 0. The zero-order valence-corrected chi connectivity index (χ0v) is 14.4. The lowest BCUT2D eigenvalue weighted by Gasteiger charge is -2.35. The van der Waals surface area contributed by atoms with Crippen LogP contribution < -0.4 is 9.47 Å². The van der Waals surface area contributed by atoms with Gasteiger partial charge in [0.15, 0.2) is 11.5 Å². The molecular formula is C19H27NO3. The van der Waals surface area contributed by atoms with Gasteiger partial charge in [-0.1, -0.05) is 13.0 Å². The zero-order valence-electron chi connectivity index (χ0n) is 14.4. The van der Waals surface area contributed by atoms with E-state index in [-0.39, 0.29) is 5.91 Å². The lowest BCUT2D eigenvalue weighted by Crippen LogP contribution is -2.43. The fourth-order valence-electron chi connectivity index (χ4n) is 3.33. The van der Waals surface area contributed by atoms with Gasteiger partial charge in [-0.05, 0) is 44.2 Å². The number of methoxy groups -OCH3 is 2. The summed E-state index contributed by atoms with van der Waals surface area (Å²) in [5.41, 5.74) is 1.59. The molecule has 1 saturated heterocycles. The van der Waals surface area contributed by atoms with Gasteiger partial charge in [0.1, 0.15) is 0 Å². The van der Waals surface area contributed by atoms with Crippen LogP contribution in [0, 0.1) is 0 Å². The van der Waals surface area contributed by atoms with E-state index in [0.717, 1.165) is 31.4 Å². The molecule has 2 rings (SSSR count). The van der Waals surface area contributed by atoms with Crippen LogP contribution in [0.15, 0.2) is 24.8 Å². The number of ether oxygens (including phenoxy) is 2. The van der Waals surface area contributed by atoms with Crippen molar-refractivity contribution in [1.29, 1.82) is 0 Å². The first kappa shape index (κ1) is 17.4. The molecule has 23 heavy (non-hydrogen) atoms. The molecule has 1 unspecified atom stereocenters. The molecule has 126 valence electrons. The average Bonchev–Trinajstić information content (AvgIpc) is 2.60. The average molecular weight is 317 g/mol. The number of likely N-dealkylation sites (tertiary alicyclic amines) is 1. The standard InChI is InChI=1S/C19H27NO3/c1-5-9-14-12-15(13-17(22-3)18(14)23-4)19(21)20-11-8-7-10-16(20)6-2/h5,12-13,16H,1,6-11H2,2-4H3. The van der Waals surface area contributed by atoms with Gasteiger partial charge in [0.25, 0.3) is 5.91 Å². The Morgan fingerprint density at radius 3 is 2.74 bits per heavy atom. The molecule has 1 aliphatic heterocycles. The molecule has 1 aromatic carbocycles. The van der Waals surface area contributed by atoms with Gasteiger partial charge in [-0.25, -0.2) is 0 Å². The van der Waals surface area contributed by atoms with Crippen LogP contribution in [-0.2, 0) is 6.42 Å². The largest absolute Gasteiger partial charge is 0.493 e. The molecule has 0 spiro atoms. The summed E-state index contributed by atoms with van der Waals surface area (Å²) in [5.74, 6) is 1.36. The summed E-state index contributed by atoms with van der Waals surface area (Å²) < 4.78 is 10.9. The molecule has 1 atom stereocenters. The minimum Gasteiger partial charge on any atom is -0.493 e. The number of carbonyl (C=O) groups excluding carboxylic acids is 1. The third-order valence-corrected chi connectivity index (χ3v) is 4.53. The molecule has 1 heterocycles. The van der Waals surface area contributed by atoms with E-state index in [4.69, 9.17) is 9.47 Å². The molecule has 0 bridgehead atoms. The van der Waals surface area contributed by atoms with Crippen molar-refractivity contribution in [3.8, 4) is 11.5 Å². The van der Waals surface area contributed by atoms with E-state index in [9.17, 15) is 4.79 Å². The first-order chi connectivity index (χ1) is 11.2. The Bertz CT molecular complexity index is 568. The molecule has 0 aromatic heterocycles. The van der Waals surface area contributed by atoms with Gasteiger partial charge in [0.2, 0.25) is 0 Å². The summed E-state index contributed by atoms with van der Waals surface area (Å²) in [6, 6.07) is 4.04. The first-order valence-electron chi connectivity index (χ1n) is 8.33. The Balaban J connectivity index is 2.39. The highest BCUT2D eigenvalue weighted by molar-refractivity contribution is 5.95. The van der Waals surface area contributed by atoms with Crippen molar-refractivity contribution in [2.45, 2.75) is 45.1 Å². The third kappa shape index (κ3) is 3.69. The number of allylic oxidation sites excluding steroid dienone is 1. The Labute approximate surface area is 139 Å². The first-order valence-corrected chi connectivity index (χ1v) is 8.33. The van der Waals surface area contributed by atoms with E-state index < -0.39 is 0 Å². The van der Waals surface area contributed by atoms with Crippen molar-refractivity contribution < 1.29 is 14.3 Å². The number of rotatable bonds is 6. The normalized spacial score (nSPS) is 17.7. The van der Waals surface area contributed by atoms with Gasteiger partial charge in [0.05, 0.1) is 14.2 Å². The van der Waals surface area contributed by atoms with Crippen LogP contribution in [0.2, 0.25) is 0 Å². The Kier molecular flexibility index (Phi) is 6.08. The second-order valence-electron chi connectivity index (χ2n) is 5.92. The van der Waals surface area contributed by atoms with Crippen LogP contribution >= 0.6 is 0 Å². The molecule has 1 amide bonds. The molecule has 1 fully saturated rings. The van der Waals surface area contributed by atoms with E-state index in [1.54, 1.807) is 26.4 Å². The quantitative estimate of drug-likeness (QED) is 0.748. The SMILES string of the molecule is C=CCc1cc(C(=O)N2CCCCC2CC)cc(OC)c1OC. The minimum absolute atomic E-state index is 0.0859. The second kappa shape index (κ2) is 8.04. The maximum Gasteiger partial charge on any atom is 0.254 e. The van der Waals surface area contributed by atoms with Crippen molar-refractivity contribution in [2.24, 2.45) is 0 Å². The molecule has 0 aliphatic carbocycles. The summed E-state index contributed by atoms with van der Waals surface area (Å²) in [6.07, 6.45) is 6.82. The van der Waals surface area contributed by atoms with E-state index in [1.165, 1.54) is 6.42 Å². The van der Waals surface area contributed by atoms with E-state index in [2.05, 4.69) is 13.5 Å². The predicted molar refractivity (Wildman–Crippen MR) is 92.4 cm³/mol. The highest BCUT2D eigenvalue weighted by Crippen LogP contribution is 2.34. The van der Waals surface area contributed by atoms with Gasteiger partial charge in [-0.2, -0.15) is 0 Å². The number of hydrogen-bond donors (Lipinski definition) is 0. The Hall–Kier alpha value is -1.97. The third-order valence-electron chi connectivity index (χ3n) is 4.53. The van der Waals surface area contributed by atoms with Crippen molar-refractivity contribution in [3.63, 3.8) is 0 Å². The summed E-state index contributed by atoms with van der Waals surface area (Å²) >= 11 is 0. The summed E-state index contributed by atoms with van der Waals surface area (Å²) in [7, 11) is 3.21. The van der Waals surface area contributed by atoms with Gasteiger partial charge in [0, 0.05) is 23.7 Å². The summed E-state index contributed by atoms with van der Waals surface area (Å²) in [4.78, 5) is 15.0.